The van der Waals surface area contributed by atoms with Crippen LogP contribution >= 0.6 is 11.8 Å². The predicted molar refractivity (Wildman–Crippen MR) is 172 cm³/mol. The van der Waals surface area contributed by atoms with Gasteiger partial charge in [0.2, 0.25) is 5.91 Å². The summed E-state index contributed by atoms with van der Waals surface area (Å²) in [6, 6.07) is 1.69. The molecule has 0 saturated heterocycles. The number of carbonyl (C=O) groups is 3. The van der Waals surface area contributed by atoms with Gasteiger partial charge < -0.3 is 45.2 Å². The fourth-order valence-electron chi connectivity index (χ4n) is 5.85. The zero-order chi connectivity index (χ0) is 33.4. The lowest BCUT2D eigenvalue weighted by Crippen LogP contribution is -2.38. The van der Waals surface area contributed by atoms with Crippen LogP contribution in [-0.4, -0.2) is 81.6 Å². The molecule has 5 N–H and O–H groups in total. The minimum Gasteiger partial charge on any atom is -0.505 e. The first-order valence-corrected chi connectivity index (χ1v) is 15.6. The number of fused-ring (bicyclic) bond motifs is 4. The molecule has 2 bridgehead atoms. The number of hydrogen-bond donors (Lipinski definition) is 4. The number of phenols is 1. The van der Waals surface area contributed by atoms with Gasteiger partial charge in [0.05, 0.1) is 40.3 Å². The molecule has 0 fully saturated rings. The molecule has 248 valence electrons. The molecule has 3 rings (SSSR count). The number of aromatic hydroxyl groups is 1. The smallest absolute Gasteiger partial charge is 0.405 e. The van der Waals surface area contributed by atoms with Crippen LogP contribution in [0, 0.1) is 11.8 Å². The molecule has 2 aliphatic heterocycles. The summed E-state index contributed by atoms with van der Waals surface area (Å²) in [6.07, 6.45) is 3.19. The van der Waals surface area contributed by atoms with Gasteiger partial charge in [0.1, 0.15) is 11.9 Å². The third-order valence-corrected chi connectivity index (χ3v) is 9.20. The Labute approximate surface area is 268 Å². The summed E-state index contributed by atoms with van der Waals surface area (Å²) >= 11 is 1.22. The number of nitrogens with two attached hydrogens (primary N) is 1. The van der Waals surface area contributed by atoms with E-state index in [4.69, 9.17) is 29.4 Å². The number of nitrogens with one attached hydrogen (secondary N) is 2. The van der Waals surface area contributed by atoms with Crippen LogP contribution in [-0.2, 0) is 33.3 Å². The van der Waals surface area contributed by atoms with Gasteiger partial charge in [-0.15, -0.1) is 11.8 Å². The molecule has 13 heteroatoms. The normalized spacial score (nSPS) is 28.3. The molecule has 1 aromatic rings. The van der Waals surface area contributed by atoms with Gasteiger partial charge in [-0.05, 0) is 37.8 Å². The molecule has 0 unspecified atom stereocenters. The van der Waals surface area contributed by atoms with Crippen molar-refractivity contribution in [3.63, 3.8) is 0 Å². The molecular formula is C32H45N3O9S. The molecule has 45 heavy (non-hydrogen) atoms. The Bertz CT molecular complexity index is 1350. The summed E-state index contributed by atoms with van der Waals surface area (Å²) in [5, 5.41) is 17.3. The standard InChI is InChI=1S/C32H45N3O9S/c1-16-10-9-11-22(40-5)29(44-32(33)39)18(3)12-17(2)28(43-8)23(41-6)13-19(4)27(42-7)20-14-21-30(45-15-24(36)34-21)25(26(20)37)35-31(16)38/h9-12,14,17,19,22-23,27-29,37H,13,15H2,1-8H3,(H2,33,39)(H,34,36)(H,35,38)/t17-,19-,22-,23-,27+,28+,29-/m0/s1. The molecule has 0 radical (unpaired) electrons. The zero-order valence-corrected chi connectivity index (χ0v) is 27.9. The lowest BCUT2D eigenvalue weighted by molar-refractivity contribution is -0.114. The van der Waals surface area contributed by atoms with E-state index in [-0.39, 0.29) is 34.9 Å². The Morgan fingerprint density at radius 2 is 1.73 bits per heavy atom. The van der Waals surface area contributed by atoms with E-state index >= 15 is 0 Å². The monoisotopic (exact) mass is 647 g/mol. The van der Waals surface area contributed by atoms with Crippen LogP contribution < -0.4 is 16.4 Å². The van der Waals surface area contributed by atoms with Gasteiger partial charge in [0.15, 0.2) is 6.10 Å². The highest BCUT2D eigenvalue weighted by Gasteiger charge is 2.35. The Hall–Kier alpha value is -3.36. The number of anilines is 2. The Morgan fingerprint density at radius 1 is 1.02 bits per heavy atom. The van der Waals surface area contributed by atoms with E-state index < -0.39 is 42.5 Å². The summed E-state index contributed by atoms with van der Waals surface area (Å²) in [5.41, 5.74) is 7.47. The molecule has 12 nitrogen and oxygen atoms in total. The van der Waals surface area contributed by atoms with E-state index in [9.17, 15) is 19.5 Å². The molecule has 0 aliphatic carbocycles. The quantitative estimate of drug-likeness (QED) is 0.200. The van der Waals surface area contributed by atoms with Crippen molar-refractivity contribution in [3.8, 4) is 5.75 Å². The van der Waals surface area contributed by atoms with E-state index in [2.05, 4.69) is 10.6 Å². The van der Waals surface area contributed by atoms with Crippen molar-refractivity contribution in [2.24, 2.45) is 17.6 Å². The van der Waals surface area contributed by atoms with Gasteiger partial charge in [-0.25, -0.2) is 4.79 Å². The molecule has 0 spiro atoms. The maximum atomic E-state index is 13.4. The first kappa shape index (κ1) is 36.1. The topological polar surface area (TPSA) is 168 Å². The highest BCUT2D eigenvalue weighted by molar-refractivity contribution is 8.00. The number of rotatable bonds is 5. The number of primary amides is 1. The number of methoxy groups -OCH3 is 4. The second-order valence-corrected chi connectivity index (χ2v) is 12.2. The number of amides is 3. The fraction of sp³-hybridized carbons (Fsp3) is 0.531. The van der Waals surface area contributed by atoms with Gasteiger partial charge in [0.25, 0.3) is 5.91 Å². The van der Waals surface area contributed by atoms with Crippen LogP contribution in [0.2, 0.25) is 0 Å². The van der Waals surface area contributed by atoms with E-state index in [0.29, 0.717) is 33.7 Å². The second kappa shape index (κ2) is 16.3. The van der Waals surface area contributed by atoms with Crippen LogP contribution in [0.15, 0.2) is 46.4 Å². The zero-order valence-electron chi connectivity index (χ0n) is 27.0. The minimum absolute atomic E-state index is 0.128. The van der Waals surface area contributed by atoms with Crippen LogP contribution in [0.5, 0.6) is 5.75 Å². The maximum Gasteiger partial charge on any atom is 0.405 e. The molecule has 3 amide bonds. The average molecular weight is 648 g/mol. The van der Waals surface area contributed by atoms with Gasteiger partial charge in [-0.1, -0.05) is 38.2 Å². The fourth-order valence-corrected chi connectivity index (χ4v) is 6.75. The molecule has 7 atom stereocenters. The summed E-state index contributed by atoms with van der Waals surface area (Å²) in [7, 11) is 6.21. The number of phenolic OH excluding ortho intramolecular Hbond substituents is 1. The van der Waals surface area contributed by atoms with E-state index in [0.717, 1.165) is 0 Å². The van der Waals surface area contributed by atoms with E-state index in [1.54, 1.807) is 45.4 Å². The molecule has 2 aliphatic rings. The van der Waals surface area contributed by atoms with E-state index in [1.165, 1.54) is 26.0 Å². The number of carbonyl (C=O) groups excluding carboxylic acids is 3. The Balaban J connectivity index is 2.22. The minimum atomic E-state index is -0.961. The summed E-state index contributed by atoms with van der Waals surface area (Å²) < 4.78 is 28.9. The third kappa shape index (κ3) is 8.67. The van der Waals surface area contributed by atoms with Crippen molar-refractivity contribution in [2.75, 3.05) is 44.8 Å². The van der Waals surface area contributed by atoms with Gasteiger partial charge >= 0.3 is 6.09 Å². The predicted octanol–water partition coefficient (Wildman–Crippen LogP) is 4.70. The van der Waals surface area contributed by atoms with Crippen molar-refractivity contribution in [3.05, 3.63) is 47.1 Å². The van der Waals surface area contributed by atoms with Crippen molar-refractivity contribution in [2.45, 2.75) is 69.5 Å². The molecule has 2 heterocycles. The van der Waals surface area contributed by atoms with Crippen molar-refractivity contribution in [1.82, 2.24) is 0 Å². The average Bonchev–Trinajstić information content (AvgIpc) is 2.99. The first-order chi connectivity index (χ1) is 21.4. The maximum absolute atomic E-state index is 13.4. The molecular weight excluding hydrogens is 602 g/mol. The van der Waals surface area contributed by atoms with Crippen LogP contribution in [0.1, 0.15) is 45.8 Å². The highest BCUT2D eigenvalue weighted by Crippen LogP contribution is 2.49. The number of benzene rings is 1. The van der Waals surface area contributed by atoms with Gasteiger partial charge in [0, 0.05) is 45.5 Å². The van der Waals surface area contributed by atoms with Gasteiger partial charge in [-0.3, -0.25) is 9.59 Å². The second-order valence-electron chi connectivity index (χ2n) is 11.3. The first-order valence-electron chi connectivity index (χ1n) is 14.6. The van der Waals surface area contributed by atoms with Gasteiger partial charge in [-0.2, -0.15) is 0 Å². The molecule has 0 saturated carbocycles. The van der Waals surface area contributed by atoms with Crippen LogP contribution in [0.25, 0.3) is 0 Å². The lowest BCUT2D eigenvalue weighted by Gasteiger charge is -2.34. The van der Waals surface area contributed by atoms with Crippen molar-refractivity contribution < 1.29 is 43.2 Å². The summed E-state index contributed by atoms with van der Waals surface area (Å²) in [5.74, 6) is -1.13. The van der Waals surface area contributed by atoms with Crippen molar-refractivity contribution in [1.29, 1.82) is 0 Å². The third-order valence-electron chi connectivity index (χ3n) is 8.08. The molecule has 0 aromatic heterocycles. The largest absolute Gasteiger partial charge is 0.505 e. The number of ether oxygens (including phenoxy) is 5. The number of thioether (sulfide) groups is 1. The number of hydrogen-bond acceptors (Lipinski definition) is 10. The summed E-state index contributed by atoms with van der Waals surface area (Å²) in [6.45, 7) is 7.36. The van der Waals surface area contributed by atoms with Crippen molar-refractivity contribution >= 4 is 41.0 Å². The van der Waals surface area contributed by atoms with E-state index in [1.807, 2.05) is 26.8 Å². The summed E-state index contributed by atoms with van der Waals surface area (Å²) in [4.78, 5) is 38.1. The van der Waals surface area contributed by atoms with Crippen LogP contribution in [0.3, 0.4) is 0 Å². The highest BCUT2D eigenvalue weighted by atomic mass is 32.2. The lowest BCUT2D eigenvalue weighted by atomic mass is 9.86. The SMILES string of the molecule is CO[C@H]1[C@@H](OC)C[C@H](C)[C@@H](OC)c2cc3c(c(c2O)NC(=O)C(C)=CC=C[C@H](OC)[C@@H](OC(N)=O)C(C)=C[C@@H]1C)SCC(=O)N3. The number of allylic oxidation sites excluding steroid dienone is 2. The van der Waals surface area contributed by atoms with Crippen LogP contribution in [0.4, 0.5) is 16.2 Å². The Kier molecular flexibility index (Phi) is 13.1. The molecule has 1 aromatic carbocycles. The Morgan fingerprint density at radius 3 is 2.33 bits per heavy atom.